The van der Waals surface area contributed by atoms with Crippen LogP contribution in [0.3, 0.4) is 0 Å². The van der Waals surface area contributed by atoms with Gasteiger partial charge in [-0.15, -0.1) is 0 Å². The van der Waals surface area contributed by atoms with Crippen LogP contribution in [0.15, 0.2) is 48.8 Å². The molecule has 2 N–H and O–H groups in total. The van der Waals surface area contributed by atoms with E-state index >= 15 is 0 Å². The topological polar surface area (TPSA) is 119 Å². The molecule has 3 aliphatic rings. The predicted octanol–water partition coefficient (Wildman–Crippen LogP) is 3.98. The van der Waals surface area contributed by atoms with Crippen molar-refractivity contribution >= 4 is 22.6 Å². The van der Waals surface area contributed by atoms with Gasteiger partial charge in [-0.25, -0.2) is 4.98 Å². The second-order valence-corrected chi connectivity index (χ2v) is 11.9. The number of hydrogen-bond donors (Lipinski definition) is 1. The van der Waals surface area contributed by atoms with E-state index in [1.807, 2.05) is 22.1 Å². The predicted molar refractivity (Wildman–Crippen MR) is 163 cm³/mol. The molecule has 0 saturated carbocycles. The highest BCUT2D eigenvalue weighted by Gasteiger charge is 2.31. The largest absolute Gasteiger partial charge is 0.381 e. The van der Waals surface area contributed by atoms with Crippen molar-refractivity contribution < 1.29 is 14.3 Å². The number of benzene rings is 1. The average molecular weight is 580 g/mol. The third kappa shape index (κ3) is 5.29. The van der Waals surface area contributed by atoms with Crippen LogP contribution in [-0.2, 0) is 22.6 Å². The van der Waals surface area contributed by atoms with Crippen LogP contribution in [0.4, 0.5) is 0 Å². The molecule has 222 valence electrons. The fourth-order valence-corrected chi connectivity index (χ4v) is 6.62. The second-order valence-electron chi connectivity index (χ2n) is 11.9. The lowest BCUT2D eigenvalue weighted by Crippen LogP contribution is -2.43. The number of aromatic nitrogens is 4. The lowest BCUT2D eigenvalue weighted by Gasteiger charge is -2.30. The molecule has 3 aliphatic heterocycles. The Morgan fingerprint density at radius 2 is 1.74 bits per heavy atom. The van der Waals surface area contributed by atoms with Gasteiger partial charge in [0.25, 0.3) is 5.91 Å². The number of hydrogen-bond acceptors (Lipinski definition) is 7. The highest BCUT2D eigenvalue weighted by Crippen LogP contribution is 2.37. The maximum absolute atomic E-state index is 12.9. The summed E-state index contributed by atoms with van der Waals surface area (Å²) in [6.45, 7) is 6.46. The van der Waals surface area contributed by atoms with Crippen LogP contribution in [-0.4, -0.2) is 80.0 Å². The SMILES string of the molecule is CC(=O)N1CCn2c(C3CCOCC3)nc(-c3cccc4cc(-c5ccc(C(=O)N6CCC(N)CC6)nc5)ncc34)c2C1. The fourth-order valence-electron chi connectivity index (χ4n) is 6.62. The number of carbonyl (C=O) groups is 2. The summed E-state index contributed by atoms with van der Waals surface area (Å²) >= 11 is 0. The molecule has 0 spiro atoms. The molecule has 43 heavy (non-hydrogen) atoms. The normalized spacial score (nSPS) is 18.2. The first-order valence-corrected chi connectivity index (χ1v) is 15.3. The summed E-state index contributed by atoms with van der Waals surface area (Å²) in [7, 11) is 0. The molecule has 4 aromatic rings. The minimum absolute atomic E-state index is 0.0542. The summed E-state index contributed by atoms with van der Waals surface area (Å²) in [5, 5.41) is 2.05. The molecule has 0 unspecified atom stereocenters. The first-order valence-electron chi connectivity index (χ1n) is 15.3. The smallest absolute Gasteiger partial charge is 0.272 e. The number of likely N-dealkylation sites (tertiary alicyclic amines) is 1. The van der Waals surface area contributed by atoms with Crippen molar-refractivity contribution in [2.24, 2.45) is 5.73 Å². The van der Waals surface area contributed by atoms with Crippen molar-refractivity contribution in [3.63, 3.8) is 0 Å². The number of carbonyl (C=O) groups excluding carboxylic acids is 2. The van der Waals surface area contributed by atoms with Gasteiger partial charge < -0.3 is 24.8 Å². The number of fused-ring (bicyclic) bond motifs is 2. The molecule has 0 atom stereocenters. The van der Waals surface area contributed by atoms with Crippen molar-refractivity contribution in [3.8, 4) is 22.5 Å². The molecule has 2 fully saturated rings. The monoisotopic (exact) mass is 579 g/mol. The molecule has 10 nitrogen and oxygen atoms in total. The molecule has 3 aromatic heterocycles. The zero-order valence-corrected chi connectivity index (χ0v) is 24.5. The van der Waals surface area contributed by atoms with Crippen molar-refractivity contribution in [2.45, 2.75) is 57.7 Å². The van der Waals surface area contributed by atoms with E-state index in [0.29, 0.717) is 37.8 Å². The van der Waals surface area contributed by atoms with Gasteiger partial charge >= 0.3 is 0 Å². The van der Waals surface area contributed by atoms with Gasteiger partial charge in [0, 0.05) is 87.2 Å². The van der Waals surface area contributed by atoms with Gasteiger partial charge in [-0.1, -0.05) is 18.2 Å². The molecule has 0 bridgehead atoms. The third-order valence-electron chi connectivity index (χ3n) is 9.19. The number of pyridine rings is 2. The summed E-state index contributed by atoms with van der Waals surface area (Å²) < 4.78 is 7.98. The fraction of sp³-hybridized carbons (Fsp3) is 0.424. The standard InChI is InChI=1S/C33H37N7O3/c1-21(41)39-13-14-40-30(20-39)31(37-32(40)22-9-15-43-16-10-22)26-4-2-3-23-17-29(36-19-27(23)26)24-5-6-28(35-18-24)33(42)38-11-7-25(34)8-12-38/h2-6,17-19,22,25H,7-16,20,34H2,1H3. The summed E-state index contributed by atoms with van der Waals surface area (Å²) in [6, 6.07) is 12.2. The van der Waals surface area contributed by atoms with Gasteiger partial charge in [-0.05, 0) is 49.3 Å². The molecule has 2 amide bonds. The number of ether oxygens (including phenoxy) is 1. The summed E-state index contributed by atoms with van der Waals surface area (Å²) in [4.78, 5) is 43.6. The molecule has 10 heteroatoms. The second kappa shape index (κ2) is 11.5. The van der Waals surface area contributed by atoms with Crippen molar-refractivity contribution in [1.82, 2.24) is 29.3 Å². The van der Waals surface area contributed by atoms with Crippen LogP contribution in [0.1, 0.15) is 60.5 Å². The zero-order valence-electron chi connectivity index (χ0n) is 24.5. The number of imidazole rings is 1. The lowest BCUT2D eigenvalue weighted by atomic mass is 9.99. The number of nitrogens with two attached hydrogens (primary N) is 1. The summed E-state index contributed by atoms with van der Waals surface area (Å²) in [5.41, 5.74) is 11.1. The Kier molecular flexibility index (Phi) is 7.40. The Labute approximate surface area is 250 Å². The summed E-state index contributed by atoms with van der Waals surface area (Å²) in [6.07, 6.45) is 7.18. The van der Waals surface area contributed by atoms with E-state index < -0.39 is 0 Å². The Bertz CT molecular complexity index is 1670. The number of amides is 2. The first kappa shape index (κ1) is 27.7. The van der Waals surface area contributed by atoms with Gasteiger partial charge in [-0.3, -0.25) is 19.6 Å². The molecule has 2 saturated heterocycles. The Balaban J connectivity index is 1.21. The number of nitrogens with zero attached hydrogens (tertiary/aromatic N) is 6. The van der Waals surface area contributed by atoms with E-state index in [2.05, 4.69) is 33.8 Å². The van der Waals surface area contributed by atoms with Crippen LogP contribution in [0.25, 0.3) is 33.3 Å². The van der Waals surface area contributed by atoms with Crippen LogP contribution < -0.4 is 5.73 Å². The number of rotatable bonds is 4. The molecule has 0 aliphatic carbocycles. The molecule has 0 radical (unpaired) electrons. The van der Waals surface area contributed by atoms with Gasteiger partial charge in [0.2, 0.25) is 5.91 Å². The first-order chi connectivity index (χ1) is 21.0. The molecule has 6 heterocycles. The van der Waals surface area contributed by atoms with Crippen LogP contribution in [0.2, 0.25) is 0 Å². The Morgan fingerprint density at radius 3 is 2.49 bits per heavy atom. The Morgan fingerprint density at radius 1 is 0.930 bits per heavy atom. The number of piperidine rings is 1. The van der Waals surface area contributed by atoms with Crippen molar-refractivity contribution in [1.29, 1.82) is 0 Å². The van der Waals surface area contributed by atoms with E-state index in [1.165, 1.54) is 0 Å². The zero-order chi connectivity index (χ0) is 29.5. The van der Waals surface area contributed by atoms with Gasteiger partial charge in [0.15, 0.2) is 0 Å². The maximum atomic E-state index is 12.9. The average Bonchev–Trinajstić information content (AvgIpc) is 3.43. The minimum Gasteiger partial charge on any atom is -0.381 e. The van der Waals surface area contributed by atoms with Gasteiger partial charge in [0.05, 0.1) is 23.6 Å². The van der Waals surface area contributed by atoms with Crippen LogP contribution in [0.5, 0.6) is 0 Å². The van der Waals surface area contributed by atoms with Crippen LogP contribution >= 0.6 is 0 Å². The minimum atomic E-state index is -0.0542. The van der Waals surface area contributed by atoms with E-state index in [0.717, 1.165) is 90.2 Å². The maximum Gasteiger partial charge on any atom is 0.272 e. The van der Waals surface area contributed by atoms with E-state index in [4.69, 9.17) is 20.4 Å². The van der Waals surface area contributed by atoms with E-state index in [1.54, 1.807) is 19.2 Å². The van der Waals surface area contributed by atoms with E-state index in [9.17, 15) is 9.59 Å². The quantitative estimate of drug-likeness (QED) is 0.388. The summed E-state index contributed by atoms with van der Waals surface area (Å²) in [5.74, 6) is 1.48. The molecule has 1 aromatic carbocycles. The van der Waals surface area contributed by atoms with Gasteiger partial charge in [-0.2, -0.15) is 0 Å². The lowest BCUT2D eigenvalue weighted by molar-refractivity contribution is -0.130. The highest BCUT2D eigenvalue weighted by atomic mass is 16.5. The molecule has 7 rings (SSSR count). The highest BCUT2D eigenvalue weighted by molar-refractivity contribution is 5.97. The Hall–Kier alpha value is -4.15. The van der Waals surface area contributed by atoms with E-state index in [-0.39, 0.29) is 17.9 Å². The molecular formula is C33H37N7O3. The van der Waals surface area contributed by atoms with Crippen LogP contribution in [0, 0.1) is 0 Å². The third-order valence-corrected chi connectivity index (χ3v) is 9.19. The van der Waals surface area contributed by atoms with Gasteiger partial charge in [0.1, 0.15) is 11.5 Å². The van der Waals surface area contributed by atoms with Crippen molar-refractivity contribution in [3.05, 3.63) is 66.0 Å². The van der Waals surface area contributed by atoms with Crippen molar-refractivity contribution in [2.75, 3.05) is 32.8 Å². The molecular weight excluding hydrogens is 542 g/mol.